The minimum absolute atomic E-state index is 0.0167. The van der Waals surface area contributed by atoms with E-state index < -0.39 is 0 Å². The van der Waals surface area contributed by atoms with Crippen LogP contribution in [0.2, 0.25) is 0 Å². The molecule has 1 aliphatic heterocycles. The largest absolute Gasteiger partial charge is 0.493 e. The lowest BCUT2D eigenvalue weighted by atomic mass is 10.1. The number of pyridine rings is 1. The van der Waals surface area contributed by atoms with Gasteiger partial charge in [-0.15, -0.1) is 0 Å². The van der Waals surface area contributed by atoms with E-state index in [1.807, 2.05) is 54.7 Å². The van der Waals surface area contributed by atoms with Crippen molar-refractivity contribution < 1.29 is 14.2 Å². The summed E-state index contributed by atoms with van der Waals surface area (Å²) in [6.45, 7) is 5.37. The zero-order chi connectivity index (χ0) is 21.5. The summed E-state index contributed by atoms with van der Waals surface area (Å²) in [6.07, 6.45) is 7.47. The molecule has 0 aliphatic carbocycles. The Morgan fingerprint density at radius 3 is 2.77 bits per heavy atom. The highest BCUT2D eigenvalue weighted by Gasteiger charge is 2.27. The van der Waals surface area contributed by atoms with E-state index in [9.17, 15) is 0 Å². The molecule has 8 heteroatoms. The van der Waals surface area contributed by atoms with Crippen LogP contribution in [-0.4, -0.2) is 44.1 Å². The topological polar surface area (TPSA) is 76.2 Å². The predicted octanol–water partition coefficient (Wildman–Crippen LogP) is 3.68. The van der Waals surface area contributed by atoms with Gasteiger partial charge in [-0.25, -0.2) is 9.97 Å². The number of hydrogen-bond donors (Lipinski definition) is 0. The highest BCUT2D eigenvalue weighted by Crippen LogP contribution is 2.42. The van der Waals surface area contributed by atoms with E-state index in [1.54, 1.807) is 11.8 Å². The average Bonchev–Trinajstić information content (AvgIpc) is 3.38. The molecule has 0 amide bonds. The van der Waals surface area contributed by atoms with Gasteiger partial charge in [-0.1, -0.05) is 13.8 Å². The monoisotopic (exact) mass is 419 g/mol. The van der Waals surface area contributed by atoms with Crippen molar-refractivity contribution in [1.82, 2.24) is 24.3 Å². The Bertz CT molecular complexity index is 1230. The van der Waals surface area contributed by atoms with Gasteiger partial charge >= 0.3 is 0 Å². The number of aryl methyl sites for hydroxylation is 1. The van der Waals surface area contributed by atoms with Gasteiger partial charge < -0.3 is 18.8 Å². The lowest BCUT2D eigenvalue weighted by molar-refractivity contribution is 0.0557. The summed E-state index contributed by atoms with van der Waals surface area (Å²) in [6, 6.07) is 6.03. The summed E-state index contributed by atoms with van der Waals surface area (Å²) in [5.74, 6) is 2.42. The van der Waals surface area contributed by atoms with Crippen LogP contribution in [0.1, 0.15) is 19.4 Å². The van der Waals surface area contributed by atoms with Gasteiger partial charge in [0.25, 0.3) is 0 Å². The summed E-state index contributed by atoms with van der Waals surface area (Å²) >= 11 is 0. The molecule has 0 N–H and O–H groups in total. The Balaban J connectivity index is 1.45. The quantitative estimate of drug-likeness (QED) is 0.491. The van der Waals surface area contributed by atoms with Crippen LogP contribution < -0.4 is 14.2 Å². The summed E-state index contributed by atoms with van der Waals surface area (Å²) in [5, 5.41) is 4.23. The lowest BCUT2D eigenvalue weighted by Crippen LogP contribution is -2.33. The summed E-state index contributed by atoms with van der Waals surface area (Å²) < 4.78 is 21.5. The first-order valence-corrected chi connectivity index (χ1v) is 10.3. The Morgan fingerprint density at radius 2 is 2.03 bits per heavy atom. The zero-order valence-corrected chi connectivity index (χ0v) is 18.1. The van der Waals surface area contributed by atoms with Gasteiger partial charge in [0, 0.05) is 30.6 Å². The Morgan fingerprint density at radius 1 is 1.16 bits per heavy atom. The van der Waals surface area contributed by atoms with Crippen molar-refractivity contribution in [3.05, 3.63) is 48.7 Å². The number of hydrogen-bond acceptors (Lipinski definition) is 6. The maximum atomic E-state index is 6.14. The number of imidazole rings is 1. The second kappa shape index (κ2) is 7.61. The summed E-state index contributed by atoms with van der Waals surface area (Å²) in [7, 11) is 3.55. The standard InChI is InChI=1S/C23H25N5O3/c1-14(2)21-12-30-20-6-15(5-19(29-4)22(20)31-21)10-28-13-25-18-7-16(8-24-23(18)28)17-9-26-27(3)11-17/h5-9,11,13-14,21H,10,12H2,1-4H3. The van der Waals surface area contributed by atoms with Crippen LogP contribution in [0, 0.1) is 5.92 Å². The van der Waals surface area contributed by atoms with Crippen molar-refractivity contribution in [2.24, 2.45) is 13.0 Å². The van der Waals surface area contributed by atoms with Crippen molar-refractivity contribution in [3.63, 3.8) is 0 Å². The van der Waals surface area contributed by atoms with E-state index in [0.717, 1.165) is 27.9 Å². The zero-order valence-electron chi connectivity index (χ0n) is 18.1. The van der Waals surface area contributed by atoms with E-state index in [1.165, 1.54) is 0 Å². The first-order chi connectivity index (χ1) is 15.0. The van der Waals surface area contributed by atoms with Crippen LogP contribution in [-0.2, 0) is 13.6 Å². The molecule has 0 fully saturated rings. The molecule has 8 nitrogen and oxygen atoms in total. The molecule has 4 heterocycles. The molecule has 5 rings (SSSR count). The summed E-state index contributed by atoms with van der Waals surface area (Å²) in [4.78, 5) is 9.21. The molecule has 1 aromatic carbocycles. The van der Waals surface area contributed by atoms with Gasteiger partial charge in [0.1, 0.15) is 18.2 Å². The summed E-state index contributed by atoms with van der Waals surface area (Å²) in [5.41, 5.74) is 4.70. The van der Waals surface area contributed by atoms with Crippen molar-refractivity contribution in [1.29, 1.82) is 0 Å². The second-order valence-corrected chi connectivity index (χ2v) is 8.18. The first kappa shape index (κ1) is 19.4. The number of nitrogens with zero attached hydrogens (tertiary/aromatic N) is 5. The first-order valence-electron chi connectivity index (χ1n) is 10.3. The van der Waals surface area contributed by atoms with Gasteiger partial charge in [-0.05, 0) is 29.7 Å². The maximum absolute atomic E-state index is 6.14. The molecule has 4 aromatic rings. The highest BCUT2D eigenvalue weighted by atomic mass is 16.6. The fourth-order valence-corrected chi connectivity index (χ4v) is 3.77. The second-order valence-electron chi connectivity index (χ2n) is 8.18. The molecule has 1 unspecified atom stereocenters. The highest BCUT2D eigenvalue weighted by molar-refractivity contribution is 5.77. The number of fused-ring (bicyclic) bond motifs is 2. The van der Waals surface area contributed by atoms with Gasteiger partial charge in [0.15, 0.2) is 17.1 Å². The minimum Gasteiger partial charge on any atom is -0.493 e. The van der Waals surface area contributed by atoms with Gasteiger partial charge in [-0.2, -0.15) is 5.10 Å². The van der Waals surface area contributed by atoms with E-state index in [-0.39, 0.29) is 6.10 Å². The molecule has 3 aromatic heterocycles. The number of methoxy groups -OCH3 is 1. The van der Waals surface area contributed by atoms with E-state index in [0.29, 0.717) is 36.3 Å². The Hall–Kier alpha value is -3.55. The number of rotatable bonds is 5. The smallest absolute Gasteiger partial charge is 0.203 e. The number of ether oxygens (including phenoxy) is 3. The molecular formula is C23H25N5O3. The molecule has 0 saturated carbocycles. The SMILES string of the molecule is COc1cc(Cn2cnc3cc(-c4cnn(C)c4)cnc32)cc2c1OC(C(C)C)CO2. The fraction of sp³-hybridized carbons (Fsp3) is 0.348. The van der Waals surface area contributed by atoms with Crippen LogP contribution >= 0.6 is 0 Å². The maximum Gasteiger partial charge on any atom is 0.203 e. The normalized spacial score (nSPS) is 15.6. The molecule has 160 valence electrons. The predicted molar refractivity (Wildman–Crippen MR) is 117 cm³/mol. The van der Waals surface area contributed by atoms with Crippen molar-refractivity contribution in [2.75, 3.05) is 13.7 Å². The molecule has 31 heavy (non-hydrogen) atoms. The minimum atomic E-state index is 0.0167. The van der Waals surface area contributed by atoms with Crippen molar-refractivity contribution >= 4 is 11.2 Å². The molecule has 0 spiro atoms. The van der Waals surface area contributed by atoms with Crippen molar-refractivity contribution in [3.8, 4) is 28.4 Å². The van der Waals surface area contributed by atoms with Crippen LogP contribution in [0.15, 0.2) is 43.1 Å². The third kappa shape index (κ3) is 3.58. The van der Waals surface area contributed by atoms with Gasteiger partial charge in [0.2, 0.25) is 5.75 Å². The van der Waals surface area contributed by atoms with Crippen molar-refractivity contribution in [2.45, 2.75) is 26.5 Å². The van der Waals surface area contributed by atoms with Crippen LogP contribution in [0.5, 0.6) is 17.2 Å². The third-order valence-electron chi connectivity index (χ3n) is 5.56. The van der Waals surface area contributed by atoms with Gasteiger partial charge in [0.05, 0.1) is 26.2 Å². The van der Waals surface area contributed by atoms with Gasteiger partial charge in [-0.3, -0.25) is 4.68 Å². The average molecular weight is 419 g/mol. The van der Waals surface area contributed by atoms with Crippen LogP contribution in [0.4, 0.5) is 0 Å². The van der Waals surface area contributed by atoms with E-state index >= 15 is 0 Å². The number of benzene rings is 1. The third-order valence-corrected chi connectivity index (χ3v) is 5.56. The molecule has 0 saturated heterocycles. The molecule has 1 atom stereocenters. The molecule has 0 bridgehead atoms. The molecule has 1 aliphatic rings. The lowest BCUT2D eigenvalue weighted by Gasteiger charge is -2.30. The Kier molecular flexibility index (Phi) is 4.77. The molecular weight excluding hydrogens is 394 g/mol. The van der Waals surface area contributed by atoms with E-state index in [4.69, 9.17) is 14.2 Å². The fourth-order valence-electron chi connectivity index (χ4n) is 3.77. The van der Waals surface area contributed by atoms with Crippen LogP contribution in [0.25, 0.3) is 22.3 Å². The Labute approximate surface area is 180 Å². The number of aromatic nitrogens is 5. The van der Waals surface area contributed by atoms with E-state index in [2.05, 4.69) is 28.9 Å². The molecule has 0 radical (unpaired) electrons. The van der Waals surface area contributed by atoms with Crippen LogP contribution in [0.3, 0.4) is 0 Å².